The molecule has 3 aromatic heterocycles. The van der Waals surface area contributed by atoms with Gasteiger partial charge >= 0.3 is 0 Å². The maximum absolute atomic E-state index is 4.87. The van der Waals surface area contributed by atoms with Crippen LogP contribution in [-0.2, 0) is 0 Å². The summed E-state index contributed by atoms with van der Waals surface area (Å²) in [6.07, 6.45) is 0. The monoisotopic (exact) mass is 403 g/mol. The highest BCUT2D eigenvalue weighted by Gasteiger charge is 2.22. The van der Waals surface area contributed by atoms with Gasteiger partial charge in [0.2, 0.25) is 5.82 Å². The summed E-state index contributed by atoms with van der Waals surface area (Å²) in [4.78, 5) is 0. The highest BCUT2D eigenvalue weighted by atomic mass is 15.5. The van der Waals surface area contributed by atoms with Crippen molar-refractivity contribution in [1.29, 1.82) is 0 Å². The van der Waals surface area contributed by atoms with Crippen molar-refractivity contribution >= 4 is 16.7 Å². The molecule has 0 bridgehead atoms. The molecule has 31 heavy (non-hydrogen) atoms. The minimum atomic E-state index is 0.578. The van der Waals surface area contributed by atoms with Crippen molar-refractivity contribution in [3.63, 3.8) is 0 Å². The van der Waals surface area contributed by atoms with Gasteiger partial charge in [-0.2, -0.15) is 9.78 Å². The van der Waals surface area contributed by atoms with E-state index in [9.17, 15) is 0 Å². The standard InChI is InChI=1S/C24H17N7/c1-16-21(17-10-4-2-5-11-17)23-26-27-24(30-20-15-9-8-14-19(20)25-29-30)22(31(23)28-16)18-12-6-3-7-13-18/h2-15H,1H3. The summed E-state index contributed by atoms with van der Waals surface area (Å²) in [5.41, 5.74) is 7.06. The van der Waals surface area contributed by atoms with Gasteiger partial charge in [-0.1, -0.05) is 78.0 Å². The fourth-order valence-corrected chi connectivity index (χ4v) is 3.96. The van der Waals surface area contributed by atoms with E-state index in [2.05, 4.69) is 32.6 Å². The lowest BCUT2D eigenvalue weighted by atomic mass is 10.1. The Bertz CT molecular complexity index is 1530. The van der Waals surface area contributed by atoms with E-state index < -0.39 is 0 Å². The van der Waals surface area contributed by atoms with Gasteiger partial charge in [0.15, 0.2) is 5.65 Å². The molecule has 6 aromatic rings. The van der Waals surface area contributed by atoms with E-state index >= 15 is 0 Å². The molecule has 0 saturated heterocycles. The van der Waals surface area contributed by atoms with Gasteiger partial charge in [0.25, 0.3) is 0 Å². The zero-order valence-electron chi connectivity index (χ0n) is 16.7. The fraction of sp³-hybridized carbons (Fsp3) is 0.0417. The third-order valence-electron chi connectivity index (χ3n) is 5.36. The predicted octanol–water partition coefficient (Wildman–Crippen LogP) is 4.50. The molecule has 0 N–H and O–H groups in total. The molecule has 7 nitrogen and oxygen atoms in total. The Hall–Kier alpha value is -4.39. The summed E-state index contributed by atoms with van der Waals surface area (Å²) in [7, 11) is 0. The van der Waals surface area contributed by atoms with Gasteiger partial charge < -0.3 is 0 Å². The average Bonchev–Trinajstić information content (AvgIpc) is 3.40. The van der Waals surface area contributed by atoms with Crippen LogP contribution < -0.4 is 0 Å². The Morgan fingerprint density at radius 2 is 1.35 bits per heavy atom. The Balaban J connectivity index is 1.71. The van der Waals surface area contributed by atoms with Gasteiger partial charge in [-0.15, -0.1) is 15.3 Å². The first-order chi connectivity index (χ1) is 15.3. The Morgan fingerprint density at radius 1 is 0.677 bits per heavy atom. The van der Waals surface area contributed by atoms with Crippen LogP contribution in [0.1, 0.15) is 5.69 Å². The lowest BCUT2D eigenvalue weighted by Crippen LogP contribution is -2.09. The van der Waals surface area contributed by atoms with E-state index in [1.807, 2.05) is 84.2 Å². The third-order valence-corrected chi connectivity index (χ3v) is 5.36. The van der Waals surface area contributed by atoms with Crippen LogP contribution in [0.3, 0.4) is 0 Å². The molecule has 3 aromatic carbocycles. The van der Waals surface area contributed by atoms with E-state index in [-0.39, 0.29) is 0 Å². The number of benzene rings is 3. The lowest BCUT2D eigenvalue weighted by Gasteiger charge is -2.10. The smallest absolute Gasteiger partial charge is 0.204 e. The SMILES string of the molecule is Cc1nn2c(-c3ccccc3)c(-n3nnc4ccccc43)nnc2c1-c1ccccc1. The summed E-state index contributed by atoms with van der Waals surface area (Å²) < 4.78 is 3.59. The first kappa shape index (κ1) is 17.5. The maximum Gasteiger partial charge on any atom is 0.204 e. The molecule has 3 heterocycles. The number of hydrogen-bond acceptors (Lipinski definition) is 5. The van der Waals surface area contributed by atoms with Crippen molar-refractivity contribution in [2.75, 3.05) is 0 Å². The van der Waals surface area contributed by atoms with Gasteiger partial charge in [-0.25, -0.2) is 4.52 Å². The average molecular weight is 403 g/mol. The Kier molecular flexibility index (Phi) is 3.86. The summed E-state index contributed by atoms with van der Waals surface area (Å²) >= 11 is 0. The fourth-order valence-electron chi connectivity index (χ4n) is 3.96. The van der Waals surface area contributed by atoms with E-state index in [1.54, 1.807) is 4.68 Å². The van der Waals surface area contributed by atoms with E-state index in [0.717, 1.165) is 39.1 Å². The number of hydrogen-bond donors (Lipinski definition) is 0. The lowest BCUT2D eigenvalue weighted by molar-refractivity contribution is 0.762. The first-order valence-corrected chi connectivity index (χ1v) is 9.99. The largest absolute Gasteiger partial charge is 0.208 e. The summed E-state index contributed by atoms with van der Waals surface area (Å²) in [5, 5.41) is 22.7. The second-order valence-corrected chi connectivity index (χ2v) is 7.29. The van der Waals surface area contributed by atoms with Gasteiger partial charge in [0.05, 0.1) is 16.8 Å². The summed E-state index contributed by atoms with van der Waals surface area (Å²) in [6, 6.07) is 28.0. The van der Waals surface area contributed by atoms with Crippen LogP contribution in [0.5, 0.6) is 0 Å². The minimum absolute atomic E-state index is 0.578. The first-order valence-electron chi connectivity index (χ1n) is 9.99. The number of fused-ring (bicyclic) bond motifs is 2. The molecule has 0 aliphatic rings. The van der Waals surface area contributed by atoms with Gasteiger partial charge in [0.1, 0.15) is 11.2 Å². The van der Waals surface area contributed by atoms with Gasteiger partial charge in [-0.3, -0.25) is 0 Å². The zero-order valence-corrected chi connectivity index (χ0v) is 16.7. The molecule has 0 atom stereocenters. The second-order valence-electron chi connectivity index (χ2n) is 7.29. The van der Waals surface area contributed by atoms with Crippen molar-refractivity contribution in [2.45, 2.75) is 6.92 Å². The molecule has 0 aliphatic heterocycles. The maximum atomic E-state index is 4.87. The molecule has 0 unspecified atom stereocenters. The van der Waals surface area contributed by atoms with Crippen LogP contribution in [0.25, 0.3) is 44.9 Å². The molecule has 0 fully saturated rings. The number of rotatable bonds is 3. The molecular formula is C24H17N7. The Morgan fingerprint density at radius 3 is 2.13 bits per heavy atom. The highest BCUT2D eigenvalue weighted by Crippen LogP contribution is 2.32. The van der Waals surface area contributed by atoms with Gasteiger partial charge in [0, 0.05) is 5.56 Å². The van der Waals surface area contributed by atoms with Crippen LogP contribution in [0.15, 0.2) is 84.9 Å². The van der Waals surface area contributed by atoms with Crippen LogP contribution in [0.2, 0.25) is 0 Å². The molecule has 148 valence electrons. The molecule has 0 amide bonds. The normalized spacial score (nSPS) is 11.4. The van der Waals surface area contributed by atoms with Crippen LogP contribution in [0, 0.1) is 6.92 Å². The van der Waals surface area contributed by atoms with Gasteiger partial charge in [-0.05, 0) is 24.6 Å². The third kappa shape index (κ3) is 2.71. The van der Waals surface area contributed by atoms with Crippen molar-refractivity contribution in [3.05, 3.63) is 90.6 Å². The predicted molar refractivity (Wildman–Crippen MR) is 119 cm³/mol. The van der Waals surface area contributed by atoms with E-state index in [0.29, 0.717) is 11.5 Å². The molecule has 0 radical (unpaired) electrons. The van der Waals surface area contributed by atoms with Crippen molar-refractivity contribution in [3.8, 4) is 28.2 Å². The van der Waals surface area contributed by atoms with E-state index in [4.69, 9.17) is 5.10 Å². The molecule has 0 aliphatic carbocycles. The molecule has 7 heteroatoms. The Labute approximate surface area is 177 Å². The molecule has 6 rings (SSSR count). The highest BCUT2D eigenvalue weighted by molar-refractivity contribution is 5.83. The quantitative estimate of drug-likeness (QED) is 0.435. The van der Waals surface area contributed by atoms with Crippen LogP contribution in [0.4, 0.5) is 0 Å². The van der Waals surface area contributed by atoms with Crippen LogP contribution in [-0.4, -0.2) is 34.8 Å². The topological polar surface area (TPSA) is 73.8 Å². The molecular weight excluding hydrogens is 386 g/mol. The number of para-hydroxylation sites is 1. The zero-order chi connectivity index (χ0) is 20.8. The van der Waals surface area contributed by atoms with Crippen molar-refractivity contribution in [2.24, 2.45) is 0 Å². The van der Waals surface area contributed by atoms with E-state index in [1.165, 1.54) is 0 Å². The number of aromatic nitrogens is 7. The second kappa shape index (κ2) is 6.84. The van der Waals surface area contributed by atoms with Crippen LogP contribution >= 0.6 is 0 Å². The van der Waals surface area contributed by atoms with Crippen molar-refractivity contribution < 1.29 is 0 Å². The summed E-state index contributed by atoms with van der Waals surface area (Å²) in [5.74, 6) is 0.578. The summed E-state index contributed by atoms with van der Waals surface area (Å²) in [6.45, 7) is 2.00. The molecule has 0 saturated carbocycles. The molecule has 0 spiro atoms. The number of nitrogens with zero attached hydrogens (tertiary/aromatic N) is 7. The van der Waals surface area contributed by atoms with Crippen molar-refractivity contribution in [1.82, 2.24) is 34.8 Å². The number of aryl methyl sites for hydroxylation is 1. The minimum Gasteiger partial charge on any atom is -0.208 e.